The Morgan fingerprint density at radius 1 is 0.875 bits per heavy atom. The Morgan fingerprint density at radius 3 is 1.79 bits per heavy atom. The van der Waals surface area contributed by atoms with Gasteiger partial charge >= 0.3 is 0 Å². The predicted molar refractivity (Wildman–Crippen MR) is 102 cm³/mol. The first-order valence-corrected chi connectivity index (χ1v) is 8.64. The first kappa shape index (κ1) is 21.8. The van der Waals surface area contributed by atoms with Crippen molar-refractivity contribution in [3.63, 3.8) is 0 Å². The summed E-state index contributed by atoms with van der Waals surface area (Å²) in [7, 11) is 0. The van der Waals surface area contributed by atoms with Crippen LogP contribution in [-0.4, -0.2) is 9.97 Å². The van der Waals surface area contributed by atoms with E-state index in [1.807, 2.05) is 45.9 Å². The molecule has 0 atom stereocenters. The van der Waals surface area contributed by atoms with Crippen LogP contribution in [0.4, 0.5) is 0 Å². The smallest absolute Gasteiger partial charge is 0.140 e. The number of rotatable bonds is 2. The highest BCUT2D eigenvalue weighted by atomic mass is 14.7. The minimum absolute atomic E-state index is 0.463. The van der Waals surface area contributed by atoms with Gasteiger partial charge in [-0.25, -0.2) is 4.98 Å². The van der Waals surface area contributed by atoms with Gasteiger partial charge < -0.3 is 0 Å². The van der Waals surface area contributed by atoms with Crippen molar-refractivity contribution in [2.45, 2.75) is 67.2 Å². The molecular weight excluding hydrogens is 294 g/mol. The van der Waals surface area contributed by atoms with Crippen LogP contribution < -0.4 is 0 Å². The van der Waals surface area contributed by atoms with Crippen molar-refractivity contribution in [2.24, 2.45) is 0 Å². The SMILES string of the molecule is CC.CC(C)c1ccnc(C#N)c1.Cc1cc(C(C)C)cc(C)n1. The maximum Gasteiger partial charge on any atom is 0.140 e. The quantitative estimate of drug-likeness (QED) is 0.688. The summed E-state index contributed by atoms with van der Waals surface area (Å²) in [5, 5.41) is 8.53. The largest absolute Gasteiger partial charge is 0.258 e. The molecule has 0 saturated carbocycles. The predicted octanol–water partition coefficient (Wildman–Crippen LogP) is 5.92. The third-order valence-corrected chi connectivity index (χ3v) is 3.34. The maximum absolute atomic E-state index is 8.53. The van der Waals surface area contributed by atoms with Crippen LogP contribution in [-0.2, 0) is 0 Å². The Labute approximate surface area is 147 Å². The van der Waals surface area contributed by atoms with Gasteiger partial charge in [0.1, 0.15) is 11.8 Å². The van der Waals surface area contributed by atoms with Gasteiger partial charge in [-0.15, -0.1) is 0 Å². The third kappa shape index (κ3) is 7.87. The lowest BCUT2D eigenvalue weighted by Crippen LogP contribution is -1.92. The highest BCUT2D eigenvalue weighted by Crippen LogP contribution is 2.15. The van der Waals surface area contributed by atoms with E-state index in [1.165, 1.54) is 5.56 Å². The zero-order valence-corrected chi connectivity index (χ0v) is 16.4. The molecule has 0 aliphatic rings. The van der Waals surface area contributed by atoms with E-state index in [1.54, 1.807) is 6.20 Å². The van der Waals surface area contributed by atoms with E-state index in [0.29, 0.717) is 17.5 Å². The number of nitriles is 1. The van der Waals surface area contributed by atoms with Gasteiger partial charge in [-0.3, -0.25) is 4.98 Å². The molecule has 0 aliphatic carbocycles. The van der Waals surface area contributed by atoms with Gasteiger partial charge in [0.05, 0.1) is 0 Å². The van der Waals surface area contributed by atoms with E-state index in [9.17, 15) is 0 Å². The van der Waals surface area contributed by atoms with Crippen LogP contribution in [0.2, 0.25) is 0 Å². The van der Waals surface area contributed by atoms with Crippen molar-refractivity contribution >= 4 is 0 Å². The molecule has 0 saturated heterocycles. The van der Waals surface area contributed by atoms with Crippen LogP contribution in [0.3, 0.4) is 0 Å². The number of nitrogens with zero attached hydrogens (tertiary/aromatic N) is 3. The minimum Gasteiger partial charge on any atom is -0.258 e. The summed E-state index contributed by atoms with van der Waals surface area (Å²) >= 11 is 0. The molecule has 3 heteroatoms. The minimum atomic E-state index is 0.463. The summed E-state index contributed by atoms with van der Waals surface area (Å²) in [6.07, 6.45) is 1.67. The lowest BCUT2D eigenvalue weighted by molar-refractivity contribution is 0.854. The van der Waals surface area contributed by atoms with E-state index in [-0.39, 0.29) is 0 Å². The van der Waals surface area contributed by atoms with Gasteiger partial charge in [0.25, 0.3) is 0 Å². The van der Waals surface area contributed by atoms with Crippen LogP contribution >= 0.6 is 0 Å². The van der Waals surface area contributed by atoms with Gasteiger partial charge in [-0.05, 0) is 61.1 Å². The molecule has 0 amide bonds. The monoisotopic (exact) mass is 325 g/mol. The van der Waals surface area contributed by atoms with E-state index in [4.69, 9.17) is 5.26 Å². The molecule has 0 fully saturated rings. The Morgan fingerprint density at radius 2 is 1.38 bits per heavy atom. The molecule has 2 rings (SSSR count). The fraction of sp³-hybridized carbons (Fsp3) is 0.476. The number of hydrogen-bond donors (Lipinski definition) is 0. The van der Waals surface area contributed by atoms with Gasteiger partial charge in [0.15, 0.2) is 0 Å². The molecule has 0 bridgehead atoms. The second-order valence-corrected chi connectivity index (χ2v) is 6.08. The molecule has 24 heavy (non-hydrogen) atoms. The Kier molecular flexibility index (Phi) is 10.3. The number of pyridine rings is 2. The number of hydrogen-bond acceptors (Lipinski definition) is 3. The van der Waals surface area contributed by atoms with Crippen molar-refractivity contribution in [3.8, 4) is 6.07 Å². The molecule has 0 unspecified atom stereocenters. The lowest BCUT2D eigenvalue weighted by atomic mass is 10.0. The molecule has 0 radical (unpaired) electrons. The van der Waals surface area contributed by atoms with Crippen molar-refractivity contribution < 1.29 is 0 Å². The van der Waals surface area contributed by atoms with E-state index in [2.05, 4.69) is 49.8 Å². The Hall–Kier alpha value is -2.21. The molecule has 2 heterocycles. The van der Waals surface area contributed by atoms with Gasteiger partial charge in [-0.2, -0.15) is 5.26 Å². The molecule has 0 aromatic carbocycles. The second-order valence-electron chi connectivity index (χ2n) is 6.08. The lowest BCUT2D eigenvalue weighted by Gasteiger charge is -2.06. The van der Waals surface area contributed by atoms with Crippen molar-refractivity contribution in [2.75, 3.05) is 0 Å². The zero-order valence-electron chi connectivity index (χ0n) is 16.4. The second kappa shape index (κ2) is 11.3. The summed E-state index contributed by atoms with van der Waals surface area (Å²) < 4.78 is 0. The van der Waals surface area contributed by atoms with Crippen LogP contribution in [0, 0.1) is 25.2 Å². The first-order valence-electron chi connectivity index (χ1n) is 8.64. The van der Waals surface area contributed by atoms with Crippen LogP contribution in [0.15, 0.2) is 30.5 Å². The first-order chi connectivity index (χ1) is 11.3. The summed E-state index contributed by atoms with van der Waals surface area (Å²) in [6.45, 7) is 16.7. The molecule has 3 nitrogen and oxygen atoms in total. The molecule has 0 aliphatic heterocycles. The van der Waals surface area contributed by atoms with Crippen LogP contribution in [0.25, 0.3) is 0 Å². The average Bonchev–Trinajstić information content (AvgIpc) is 2.56. The maximum atomic E-state index is 8.53. The highest BCUT2D eigenvalue weighted by molar-refractivity contribution is 5.27. The Balaban J connectivity index is 0.000000400. The van der Waals surface area contributed by atoms with Crippen LogP contribution in [0.1, 0.15) is 81.6 Å². The summed E-state index contributed by atoms with van der Waals surface area (Å²) in [4.78, 5) is 8.20. The van der Waals surface area contributed by atoms with Crippen molar-refractivity contribution in [3.05, 3.63) is 58.7 Å². The van der Waals surface area contributed by atoms with E-state index in [0.717, 1.165) is 17.0 Å². The molecule has 2 aromatic heterocycles. The van der Waals surface area contributed by atoms with Crippen molar-refractivity contribution in [1.82, 2.24) is 9.97 Å². The van der Waals surface area contributed by atoms with Crippen molar-refractivity contribution in [1.29, 1.82) is 5.26 Å². The fourth-order valence-electron chi connectivity index (χ4n) is 2.07. The number of aromatic nitrogens is 2. The van der Waals surface area contributed by atoms with Gasteiger partial charge in [-0.1, -0.05) is 41.5 Å². The highest BCUT2D eigenvalue weighted by Gasteiger charge is 2.00. The number of aryl methyl sites for hydroxylation is 2. The topological polar surface area (TPSA) is 49.6 Å². The summed E-state index contributed by atoms with van der Waals surface area (Å²) in [5.74, 6) is 1.07. The summed E-state index contributed by atoms with van der Waals surface area (Å²) in [6, 6.07) is 10.1. The third-order valence-electron chi connectivity index (χ3n) is 3.34. The Bertz CT molecular complexity index is 632. The summed E-state index contributed by atoms with van der Waals surface area (Å²) in [5.41, 5.74) is 5.28. The van der Waals surface area contributed by atoms with E-state index < -0.39 is 0 Å². The van der Waals surface area contributed by atoms with E-state index >= 15 is 0 Å². The average molecular weight is 326 g/mol. The standard InChI is InChI=1S/C10H15N.C9H10N2.C2H6/c1-7(2)10-5-8(3)11-9(4)6-10;1-7(2)8-3-4-11-9(5-8)6-10;1-2/h5-7H,1-4H3;3-5,7H,1-2H3;1-2H3. The van der Waals surface area contributed by atoms with Crippen LogP contribution in [0.5, 0.6) is 0 Å². The van der Waals surface area contributed by atoms with Gasteiger partial charge in [0, 0.05) is 17.6 Å². The molecular formula is C21H31N3. The molecule has 0 N–H and O–H groups in total. The molecule has 2 aromatic rings. The molecule has 130 valence electrons. The van der Waals surface area contributed by atoms with Gasteiger partial charge in [0.2, 0.25) is 0 Å². The normalized spacial score (nSPS) is 9.54. The zero-order chi connectivity index (χ0) is 18.7. The molecule has 0 spiro atoms. The fourth-order valence-corrected chi connectivity index (χ4v) is 2.07.